The standard InChI is InChI=1S/C6H15NO2/c1-5(7-2)6(8)4-9-3/h5-8H,4H2,1-3H3. The lowest BCUT2D eigenvalue weighted by Crippen LogP contribution is -2.37. The first kappa shape index (κ1) is 8.88. The largest absolute Gasteiger partial charge is 0.389 e. The number of rotatable bonds is 4. The van der Waals surface area contributed by atoms with Gasteiger partial charge in [-0.05, 0) is 14.0 Å². The molecule has 3 heteroatoms. The van der Waals surface area contributed by atoms with Crippen LogP contribution in [0.15, 0.2) is 0 Å². The fraction of sp³-hybridized carbons (Fsp3) is 1.00. The number of hydrogen-bond donors (Lipinski definition) is 2. The first-order valence-corrected chi connectivity index (χ1v) is 3.06. The van der Waals surface area contributed by atoms with Crippen molar-refractivity contribution in [3.63, 3.8) is 0 Å². The van der Waals surface area contributed by atoms with Crippen molar-refractivity contribution in [2.75, 3.05) is 20.8 Å². The Balaban J connectivity index is 3.32. The summed E-state index contributed by atoms with van der Waals surface area (Å²) in [5.41, 5.74) is 0. The quantitative estimate of drug-likeness (QED) is 0.548. The summed E-state index contributed by atoms with van der Waals surface area (Å²) in [6.07, 6.45) is -0.403. The molecule has 0 fully saturated rings. The smallest absolute Gasteiger partial charge is 0.0923 e. The van der Waals surface area contributed by atoms with Gasteiger partial charge in [0, 0.05) is 13.2 Å². The molecule has 0 aromatic heterocycles. The normalized spacial score (nSPS) is 17.3. The van der Waals surface area contributed by atoms with E-state index in [0.29, 0.717) is 6.61 Å². The van der Waals surface area contributed by atoms with Gasteiger partial charge in [0.25, 0.3) is 0 Å². The molecule has 0 spiro atoms. The van der Waals surface area contributed by atoms with E-state index in [1.54, 1.807) is 7.11 Å². The number of nitrogens with one attached hydrogen (secondary N) is 1. The summed E-state index contributed by atoms with van der Waals surface area (Å²) < 4.78 is 4.74. The maximum absolute atomic E-state index is 9.13. The maximum Gasteiger partial charge on any atom is 0.0923 e. The van der Waals surface area contributed by atoms with Crippen molar-refractivity contribution >= 4 is 0 Å². The SMILES string of the molecule is CNC(C)C(O)COC. The Morgan fingerprint density at radius 2 is 2.22 bits per heavy atom. The van der Waals surface area contributed by atoms with E-state index in [4.69, 9.17) is 9.84 Å². The van der Waals surface area contributed by atoms with Gasteiger partial charge < -0.3 is 15.2 Å². The fourth-order valence-corrected chi connectivity index (χ4v) is 0.507. The molecule has 0 aliphatic heterocycles. The molecule has 56 valence electrons. The van der Waals surface area contributed by atoms with E-state index in [1.807, 2.05) is 14.0 Å². The van der Waals surface area contributed by atoms with Gasteiger partial charge in [0.1, 0.15) is 0 Å². The Bertz CT molecular complexity index is 68.1. The van der Waals surface area contributed by atoms with Crippen LogP contribution < -0.4 is 5.32 Å². The summed E-state index contributed by atoms with van der Waals surface area (Å²) in [7, 11) is 3.38. The second kappa shape index (κ2) is 4.73. The van der Waals surface area contributed by atoms with Crippen LogP contribution >= 0.6 is 0 Å². The zero-order valence-corrected chi connectivity index (χ0v) is 6.22. The highest BCUT2D eigenvalue weighted by molar-refractivity contribution is 4.67. The summed E-state index contributed by atoms with van der Waals surface area (Å²) in [4.78, 5) is 0. The van der Waals surface area contributed by atoms with E-state index in [2.05, 4.69) is 5.32 Å². The molecule has 0 radical (unpaired) electrons. The van der Waals surface area contributed by atoms with Gasteiger partial charge in [-0.25, -0.2) is 0 Å². The second-order valence-corrected chi connectivity index (χ2v) is 2.10. The van der Waals surface area contributed by atoms with Crippen LogP contribution in [0.3, 0.4) is 0 Å². The van der Waals surface area contributed by atoms with Gasteiger partial charge in [-0.3, -0.25) is 0 Å². The van der Waals surface area contributed by atoms with Gasteiger partial charge in [0.15, 0.2) is 0 Å². The summed E-state index contributed by atoms with van der Waals surface area (Å²) in [6, 6.07) is 0.102. The molecule has 0 aromatic carbocycles. The molecule has 0 rings (SSSR count). The average Bonchev–Trinajstić information content (AvgIpc) is 1.87. The van der Waals surface area contributed by atoms with Gasteiger partial charge in [-0.15, -0.1) is 0 Å². The van der Waals surface area contributed by atoms with Crippen LogP contribution in [0.25, 0.3) is 0 Å². The van der Waals surface area contributed by atoms with Gasteiger partial charge in [-0.2, -0.15) is 0 Å². The summed E-state index contributed by atoms with van der Waals surface area (Å²) in [5.74, 6) is 0. The Labute approximate surface area is 56.0 Å². The molecule has 0 saturated carbocycles. The maximum atomic E-state index is 9.13. The highest BCUT2D eigenvalue weighted by Gasteiger charge is 2.09. The molecule has 2 atom stereocenters. The van der Waals surface area contributed by atoms with Crippen molar-refractivity contribution < 1.29 is 9.84 Å². The topological polar surface area (TPSA) is 41.5 Å². The van der Waals surface area contributed by atoms with Gasteiger partial charge in [0.05, 0.1) is 12.7 Å². The molecular weight excluding hydrogens is 118 g/mol. The Morgan fingerprint density at radius 3 is 2.56 bits per heavy atom. The van der Waals surface area contributed by atoms with Crippen molar-refractivity contribution in [3.8, 4) is 0 Å². The predicted octanol–water partition coefficient (Wildman–Crippen LogP) is -0.398. The van der Waals surface area contributed by atoms with E-state index in [0.717, 1.165) is 0 Å². The van der Waals surface area contributed by atoms with Crippen LogP contribution in [0, 0.1) is 0 Å². The number of aliphatic hydroxyl groups excluding tert-OH is 1. The highest BCUT2D eigenvalue weighted by atomic mass is 16.5. The first-order valence-electron chi connectivity index (χ1n) is 3.06. The highest BCUT2D eigenvalue weighted by Crippen LogP contribution is 1.90. The molecule has 0 aliphatic rings. The Kier molecular flexibility index (Phi) is 4.67. The third-order valence-corrected chi connectivity index (χ3v) is 1.37. The van der Waals surface area contributed by atoms with Crippen molar-refractivity contribution in [1.29, 1.82) is 0 Å². The fourth-order valence-electron chi connectivity index (χ4n) is 0.507. The Morgan fingerprint density at radius 1 is 1.67 bits per heavy atom. The van der Waals surface area contributed by atoms with Crippen LogP contribution in [0.2, 0.25) is 0 Å². The van der Waals surface area contributed by atoms with E-state index in [9.17, 15) is 0 Å². The minimum Gasteiger partial charge on any atom is -0.389 e. The molecule has 0 amide bonds. The van der Waals surface area contributed by atoms with Crippen LogP contribution in [0.1, 0.15) is 6.92 Å². The van der Waals surface area contributed by atoms with Crippen molar-refractivity contribution in [3.05, 3.63) is 0 Å². The van der Waals surface area contributed by atoms with Crippen molar-refractivity contribution in [2.45, 2.75) is 19.1 Å². The number of likely N-dealkylation sites (N-methyl/N-ethyl adjacent to an activating group) is 1. The lowest BCUT2D eigenvalue weighted by Gasteiger charge is -2.16. The van der Waals surface area contributed by atoms with Gasteiger partial charge in [0.2, 0.25) is 0 Å². The molecule has 0 bridgehead atoms. The van der Waals surface area contributed by atoms with E-state index >= 15 is 0 Å². The summed E-state index contributed by atoms with van der Waals surface area (Å²) >= 11 is 0. The molecular formula is C6H15NO2. The van der Waals surface area contributed by atoms with Crippen LogP contribution in [-0.4, -0.2) is 38.0 Å². The third-order valence-electron chi connectivity index (χ3n) is 1.37. The first-order chi connectivity index (χ1) is 4.22. The monoisotopic (exact) mass is 133 g/mol. The zero-order valence-electron chi connectivity index (χ0n) is 6.22. The van der Waals surface area contributed by atoms with E-state index < -0.39 is 6.10 Å². The van der Waals surface area contributed by atoms with Crippen LogP contribution in [0.4, 0.5) is 0 Å². The molecule has 2 N–H and O–H groups in total. The van der Waals surface area contributed by atoms with Gasteiger partial charge >= 0.3 is 0 Å². The van der Waals surface area contributed by atoms with E-state index in [-0.39, 0.29) is 6.04 Å². The number of hydrogen-bond acceptors (Lipinski definition) is 3. The molecule has 3 nitrogen and oxygen atoms in total. The molecule has 9 heavy (non-hydrogen) atoms. The molecule has 2 unspecified atom stereocenters. The molecule has 0 aliphatic carbocycles. The number of methoxy groups -OCH3 is 1. The molecule has 0 saturated heterocycles. The number of aliphatic hydroxyl groups is 1. The second-order valence-electron chi connectivity index (χ2n) is 2.10. The van der Waals surface area contributed by atoms with Gasteiger partial charge in [-0.1, -0.05) is 0 Å². The number of ether oxygens (including phenoxy) is 1. The van der Waals surface area contributed by atoms with Crippen molar-refractivity contribution in [1.82, 2.24) is 5.32 Å². The van der Waals surface area contributed by atoms with Crippen LogP contribution in [0.5, 0.6) is 0 Å². The lowest BCUT2D eigenvalue weighted by atomic mass is 10.2. The zero-order chi connectivity index (χ0) is 7.28. The predicted molar refractivity (Wildman–Crippen MR) is 36.4 cm³/mol. The summed E-state index contributed by atoms with van der Waals surface area (Å²) in [6.45, 7) is 2.30. The van der Waals surface area contributed by atoms with Crippen molar-refractivity contribution in [2.24, 2.45) is 0 Å². The minimum absolute atomic E-state index is 0.102. The molecule has 0 aromatic rings. The van der Waals surface area contributed by atoms with Crippen LogP contribution in [-0.2, 0) is 4.74 Å². The average molecular weight is 133 g/mol. The lowest BCUT2D eigenvalue weighted by molar-refractivity contribution is 0.0449. The van der Waals surface area contributed by atoms with E-state index in [1.165, 1.54) is 0 Å². The minimum atomic E-state index is -0.403. The third kappa shape index (κ3) is 3.46. The molecule has 0 heterocycles. The Hall–Kier alpha value is -0.120. The summed E-state index contributed by atoms with van der Waals surface area (Å²) in [5, 5.41) is 12.0.